The van der Waals surface area contributed by atoms with Gasteiger partial charge in [0.25, 0.3) is 0 Å². The van der Waals surface area contributed by atoms with Gasteiger partial charge >= 0.3 is 0 Å². The van der Waals surface area contributed by atoms with Crippen LogP contribution >= 0.6 is 0 Å². The van der Waals surface area contributed by atoms with Crippen LogP contribution < -0.4 is 15.4 Å². The first-order valence-corrected chi connectivity index (χ1v) is 6.34. The van der Waals surface area contributed by atoms with Crippen LogP contribution in [0.2, 0.25) is 0 Å². The largest absolute Gasteiger partial charge is 0.497 e. The third-order valence-electron chi connectivity index (χ3n) is 2.69. The van der Waals surface area contributed by atoms with Crippen molar-refractivity contribution in [1.82, 2.24) is 5.32 Å². The van der Waals surface area contributed by atoms with E-state index in [0.717, 1.165) is 17.9 Å². The Morgan fingerprint density at radius 3 is 2.53 bits per heavy atom. The van der Waals surface area contributed by atoms with Crippen LogP contribution in [0.1, 0.15) is 13.3 Å². The van der Waals surface area contributed by atoms with Crippen molar-refractivity contribution in [2.75, 3.05) is 32.7 Å². The maximum Gasteiger partial charge on any atom is 0.242 e. The average molecular weight is 266 g/mol. The number of hydrogen-bond donors (Lipinski definition) is 2. The first kappa shape index (κ1) is 15.3. The molecule has 1 atom stereocenters. The molecule has 0 fully saturated rings. The summed E-state index contributed by atoms with van der Waals surface area (Å²) in [6, 6.07) is 7.19. The van der Waals surface area contributed by atoms with Gasteiger partial charge in [-0.3, -0.25) is 4.79 Å². The lowest BCUT2D eigenvalue weighted by molar-refractivity contribution is -0.121. The molecule has 0 radical (unpaired) electrons. The van der Waals surface area contributed by atoms with E-state index in [1.165, 1.54) is 0 Å². The summed E-state index contributed by atoms with van der Waals surface area (Å²) >= 11 is 0. The van der Waals surface area contributed by atoms with E-state index in [1.807, 2.05) is 31.2 Å². The minimum atomic E-state index is -0.282. The van der Waals surface area contributed by atoms with E-state index in [9.17, 15) is 4.79 Å². The molecule has 1 aromatic rings. The summed E-state index contributed by atoms with van der Waals surface area (Å²) in [6.45, 7) is 3.11. The highest BCUT2D eigenvalue weighted by Crippen LogP contribution is 2.15. The number of amides is 1. The lowest BCUT2D eigenvalue weighted by Crippen LogP contribution is -2.38. The molecule has 19 heavy (non-hydrogen) atoms. The van der Waals surface area contributed by atoms with Gasteiger partial charge in [0.15, 0.2) is 0 Å². The summed E-state index contributed by atoms with van der Waals surface area (Å²) in [7, 11) is 3.27. The number of ether oxygens (including phenoxy) is 2. The topological polar surface area (TPSA) is 59.6 Å². The first-order chi connectivity index (χ1) is 9.17. The van der Waals surface area contributed by atoms with Gasteiger partial charge in [0.1, 0.15) is 11.8 Å². The standard InChI is InChI=1S/C14H22N2O3/c1-11(14(17)15-9-4-10-18-2)16-12-5-7-13(19-3)8-6-12/h5-8,11,16H,4,9-10H2,1-3H3,(H,15,17). The normalized spacial score (nSPS) is 11.7. The van der Waals surface area contributed by atoms with Crippen molar-refractivity contribution in [2.45, 2.75) is 19.4 Å². The van der Waals surface area contributed by atoms with Gasteiger partial charge in [0.2, 0.25) is 5.91 Å². The van der Waals surface area contributed by atoms with Crippen LogP contribution in [0.4, 0.5) is 5.69 Å². The van der Waals surface area contributed by atoms with Crippen molar-refractivity contribution >= 4 is 11.6 Å². The molecule has 1 aromatic carbocycles. The Hall–Kier alpha value is -1.75. The van der Waals surface area contributed by atoms with Crippen LogP contribution in [-0.2, 0) is 9.53 Å². The fourth-order valence-electron chi connectivity index (χ4n) is 1.58. The summed E-state index contributed by atoms with van der Waals surface area (Å²) < 4.78 is 10.0. The molecular formula is C14H22N2O3. The summed E-state index contributed by atoms with van der Waals surface area (Å²) in [5.74, 6) is 0.772. The second-order valence-corrected chi connectivity index (χ2v) is 4.23. The van der Waals surface area contributed by atoms with Gasteiger partial charge in [-0.25, -0.2) is 0 Å². The predicted octanol–water partition coefficient (Wildman–Crippen LogP) is 1.65. The number of hydrogen-bond acceptors (Lipinski definition) is 4. The minimum Gasteiger partial charge on any atom is -0.497 e. The fraction of sp³-hybridized carbons (Fsp3) is 0.500. The van der Waals surface area contributed by atoms with Crippen molar-refractivity contribution in [3.63, 3.8) is 0 Å². The van der Waals surface area contributed by atoms with Gasteiger partial charge in [-0.15, -0.1) is 0 Å². The Kier molecular flexibility index (Phi) is 6.74. The molecular weight excluding hydrogens is 244 g/mol. The number of carbonyl (C=O) groups excluding carboxylic acids is 1. The Bertz CT molecular complexity index is 379. The Balaban J connectivity index is 2.35. The number of anilines is 1. The molecule has 1 unspecified atom stereocenters. The second-order valence-electron chi connectivity index (χ2n) is 4.23. The van der Waals surface area contributed by atoms with Crippen LogP contribution in [0, 0.1) is 0 Å². The average Bonchev–Trinajstić information content (AvgIpc) is 2.44. The van der Waals surface area contributed by atoms with E-state index in [4.69, 9.17) is 9.47 Å². The second kappa shape index (κ2) is 8.37. The summed E-state index contributed by atoms with van der Waals surface area (Å²) in [4.78, 5) is 11.8. The monoisotopic (exact) mass is 266 g/mol. The Morgan fingerprint density at radius 1 is 1.26 bits per heavy atom. The van der Waals surface area contributed by atoms with E-state index in [1.54, 1.807) is 14.2 Å². The molecule has 0 saturated carbocycles. The molecule has 1 rings (SSSR count). The number of benzene rings is 1. The summed E-state index contributed by atoms with van der Waals surface area (Å²) in [5.41, 5.74) is 0.889. The molecule has 106 valence electrons. The molecule has 0 aliphatic rings. The van der Waals surface area contributed by atoms with E-state index in [0.29, 0.717) is 13.2 Å². The summed E-state index contributed by atoms with van der Waals surface area (Å²) in [5, 5.41) is 5.99. The molecule has 0 heterocycles. The number of rotatable bonds is 8. The van der Waals surface area contributed by atoms with Crippen molar-refractivity contribution < 1.29 is 14.3 Å². The van der Waals surface area contributed by atoms with Gasteiger partial charge < -0.3 is 20.1 Å². The molecule has 5 nitrogen and oxygen atoms in total. The van der Waals surface area contributed by atoms with Crippen LogP contribution in [0.15, 0.2) is 24.3 Å². The lowest BCUT2D eigenvalue weighted by atomic mass is 10.2. The molecule has 1 amide bonds. The van der Waals surface area contributed by atoms with E-state index >= 15 is 0 Å². The zero-order valence-corrected chi connectivity index (χ0v) is 11.7. The third-order valence-corrected chi connectivity index (χ3v) is 2.69. The van der Waals surface area contributed by atoms with Gasteiger partial charge in [0, 0.05) is 25.9 Å². The highest BCUT2D eigenvalue weighted by Gasteiger charge is 2.11. The minimum absolute atomic E-state index is 0.0214. The Labute approximate surface area is 114 Å². The van der Waals surface area contributed by atoms with Crippen molar-refractivity contribution in [2.24, 2.45) is 0 Å². The predicted molar refractivity (Wildman–Crippen MR) is 75.6 cm³/mol. The van der Waals surface area contributed by atoms with Gasteiger partial charge in [-0.2, -0.15) is 0 Å². The van der Waals surface area contributed by atoms with Gasteiger partial charge in [0.05, 0.1) is 7.11 Å². The fourth-order valence-corrected chi connectivity index (χ4v) is 1.58. The highest BCUT2D eigenvalue weighted by molar-refractivity contribution is 5.84. The Morgan fingerprint density at radius 2 is 1.95 bits per heavy atom. The van der Waals surface area contributed by atoms with Gasteiger partial charge in [-0.05, 0) is 37.6 Å². The maximum atomic E-state index is 11.8. The van der Waals surface area contributed by atoms with Crippen LogP contribution in [0.3, 0.4) is 0 Å². The van der Waals surface area contributed by atoms with E-state index in [-0.39, 0.29) is 11.9 Å². The van der Waals surface area contributed by atoms with Crippen LogP contribution in [-0.4, -0.2) is 39.3 Å². The molecule has 2 N–H and O–H groups in total. The zero-order valence-electron chi connectivity index (χ0n) is 11.7. The molecule has 0 aromatic heterocycles. The van der Waals surface area contributed by atoms with E-state index in [2.05, 4.69) is 10.6 Å². The highest BCUT2D eigenvalue weighted by atomic mass is 16.5. The zero-order chi connectivity index (χ0) is 14.1. The number of methoxy groups -OCH3 is 2. The third kappa shape index (κ3) is 5.61. The van der Waals surface area contributed by atoms with Crippen molar-refractivity contribution in [3.8, 4) is 5.75 Å². The number of nitrogens with one attached hydrogen (secondary N) is 2. The van der Waals surface area contributed by atoms with Crippen molar-refractivity contribution in [3.05, 3.63) is 24.3 Å². The van der Waals surface area contributed by atoms with Crippen LogP contribution in [0.5, 0.6) is 5.75 Å². The smallest absolute Gasteiger partial charge is 0.242 e. The molecule has 0 aliphatic carbocycles. The quantitative estimate of drug-likeness (QED) is 0.702. The van der Waals surface area contributed by atoms with Gasteiger partial charge in [-0.1, -0.05) is 0 Å². The van der Waals surface area contributed by atoms with Crippen molar-refractivity contribution in [1.29, 1.82) is 0 Å². The lowest BCUT2D eigenvalue weighted by Gasteiger charge is -2.15. The van der Waals surface area contributed by atoms with Crippen LogP contribution in [0.25, 0.3) is 0 Å². The first-order valence-electron chi connectivity index (χ1n) is 6.34. The summed E-state index contributed by atoms with van der Waals surface area (Å²) in [6.07, 6.45) is 0.817. The van der Waals surface area contributed by atoms with E-state index < -0.39 is 0 Å². The maximum absolute atomic E-state index is 11.8. The molecule has 0 bridgehead atoms. The SMILES string of the molecule is COCCCNC(=O)C(C)Nc1ccc(OC)cc1. The molecule has 0 aliphatic heterocycles. The molecule has 0 spiro atoms. The molecule has 0 saturated heterocycles. The number of carbonyl (C=O) groups is 1. The molecule has 5 heteroatoms.